The SMILES string of the molecule is C[C@@H]1O[C@@H](O[C@H]2CC[C@]3(C)[C@H]4CC[C@]5(C)[C@@H]([C@]67C=CC(=O)O[C@H]6O7)CC[C@]5(O)[C@@H]4CC[C@]34O[C@H]24)[C@H](O)[C@H](O)[C@H]1O. The lowest BCUT2D eigenvalue weighted by Crippen LogP contribution is -2.65. The average Bonchev–Trinajstić information content (AvgIpc) is 3.81. The van der Waals surface area contributed by atoms with Crippen LogP contribution >= 0.6 is 0 Å². The van der Waals surface area contributed by atoms with Crippen molar-refractivity contribution in [3.05, 3.63) is 12.2 Å². The Labute approximate surface area is 233 Å². The lowest BCUT2D eigenvalue weighted by Gasteiger charge is -2.63. The lowest BCUT2D eigenvalue weighted by molar-refractivity contribution is -0.307. The largest absolute Gasteiger partial charge is 0.429 e. The molecule has 0 bridgehead atoms. The smallest absolute Gasteiger partial charge is 0.332 e. The number of aliphatic hydroxyl groups is 4. The predicted octanol–water partition coefficient (Wildman–Crippen LogP) is 1.31. The molecule has 222 valence electrons. The van der Waals surface area contributed by atoms with Gasteiger partial charge < -0.3 is 44.1 Å². The molecule has 10 heteroatoms. The maximum Gasteiger partial charge on any atom is 0.332 e. The normalized spacial score (nSPS) is 63.3. The average molecular weight is 563 g/mol. The molecule has 0 aromatic heterocycles. The summed E-state index contributed by atoms with van der Waals surface area (Å²) in [7, 11) is 0. The van der Waals surface area contributed by atoms with Crippen LogP contribution in [0.25, 0.3) is 0 Å². The first-order valence-electron chi connectivity index (χ1n) is 15.2. The van der Waals surface area contributed by atoms with Crippen LogP contribution in [-0.4, -0.2) is 92.4 Å². The summed E-state index contributed by atoms with van der Waals surface area (Å²) in [4.78, 5) is 11.8. The minimum Gasteiger partial charge on any atom is -0.429 e. The van der Waals surface area contributed by atoms with Gasteiger partial charge in [-0.15, -0.1) is 0 Å². The van der Waals surface area contributed by atoms with Gasteiger partial charge in [-0.05, 0) is 76.2 Å². The summed E-state index contributed by atoms with van der Waals surface area (Å²) in [6.07, 6.45) is 3.70. The van der Waals surface area contributed by atoms with E-state index in [0.29, 0.717) is 5.92 Å². The molecule has 0 unspecified atom stereocenters. The van der Waals surface area contributed by atoms with Crippen LogP contribution in [0.4, 0.5) is 0 Å². The molecule has 3 saturated heterocycles. The highest BCUT2D eigenvalue weighted by molar-refractivity contribution is 5.84. The van der Waals surface area contributed by atoms with Gasteiger partial charge in [0, 0.05) is 22.8 Å². The van der Waals surface area contributed by atoms with Gasteiger partial charge in [0.25, 0.3) is 0 Å². The Hall–Kier alpha value is -1.11. The number of esters is 1. The fourth-order valence-corrected chi connectivity index (χ4v) is 10.9. The molecule has 4 saturated carbocycles. The highest BCUT2D eigenvalue weighted by atomic mass is 16.8. The number of ether oxygens (including phenoxy) is 5. The van der Waals surface area contributed by atoms with E-state index in [0.717, 1.165) is 51.4 Å². The van der Waals surface area contributed by atoms with Gasteiger partial charge in [0.1, 0.15) is 30.0 Å². The molecule has 0 aromatic rings. The molecule has 7 fully saturated rings. The van der Waals surface area contributed by atoms with E-state index in [1.807, 2.05) is 6.08 Å². The summed E-state index contributed by atoms with van der Waals surface area (Å²) in [5.74, 6) is 0.193. The number of hydrogen-bond acceptors (Lipinski definition) is 10. The molecule has 4 aliphatic heterocycles. The summed E-state index contributed by atoms with van der Waals surface area (Å²) >= 11 is 0. The van der Waals surface area contributed by atoms with Gasteiger partial charge in [-0.25, -0.2) is 4.79 Å². The standard InChI is InChI=1S/C30H42O10/c1-14-20(32)21(33)22(34)24(36-14)37-17-6-10-26(2)15-4-9-27(3)18(28-11-8-19(31)38-25(28)40-28)7-12-29(27,35)16(15)5-13-30(26)23(17)39-30/h8,11,14-18,20-25,32-35H,4-7,9-10,12-13H2,1-3H3/t14-,15-,16+,17-,18-,20-,21+,22+,23+,24-,25-,26+,27+,28+,29-,30+/m0/s1. The zero-order valence-electron chi connectivity index (χ0n) is 23.4. The summed E-state index contributed by atoms with van der Waals surface area (Å²) < 4.78 is 30.0. The second-order valence-electron chi connectivity index (χ2n) is 14.5. The fourth-order valence-electron chi connectivity index (χ4n) is 10.9. The highest BCUT2D eigenvalue weighted by Crippen LogP contribution is 2.76. The maximum absolute atomic E-state index is 12.6. The van der Waals surface area contributed by atoms with E-state index in [9.17, 15) is 25.2 Å². The lowest BCUT2D eigenvalue weighted by atomic mass is 9.42. The second kappa shape index (κ2) is 8.08. The van der Waals surface area contributed by atoms with Crippen LogP contribution in [0.2, 0.25) is 0 Å². The third kappa shape index (κ3) is 3.05. The monoisotopic (exact) mass is 562 g/mol. The number of epoxide rings is 2. The molecule has 0 amide bonds. The molecule has 40 heavy (non-hydrogen) atoms. The van der Waals surface area contributed by atoms with Gasteiger partial charge in [0.2, 0.25) is 6.29 Å². The van der Waals surface area contributed by atoms with Crippen LogP contribution < -0.4 is 0 Å². The molecule has 8 rings (SSSR count). The Morgan fingerprint density at radius 1 is 0.900 bits per heavy atom. The van der Waals surface area contributed by atoms with Gasteiger partial charge in [-0.1, -0.05) is 13.8 Å². The Balaban J connectivity index is 1.02. The van der Waals surface area contributed by atoms with E-state index in [-0.39, 0.29) is 46.4 Å². The second-order valence-corrected chi connectivity index (χ2v) is 14.5. The van der Waals surface area contributed by atoms with Crippen molar-refractivity contribution < 1.29 is 48.9 Å². The van der Waals surface area contributed by atoms with Gasteiger partial charge >= 0.3 is 5.97 Å². The molecular weight excluding hydrogens is 520 g/mol. The van der Waals surface area contributed by atoms with Gasteiger partial charge in [0.05, 0.1) is 17.8 Å². The number of fused-ring (bicyclic) bond motifs is 5. The third-order valence-electron chi connectivity index (χ3n) is 13.3. The van der Waals surface area contributed by atoms with Crippen LogP contribution in [0.15, 0.2) is 12.2 Å². The molecule has 4 N–H and O–H groups in total. The molecule has 1 spiro atoms. The zero-order valence-corrected chi connectivity index (χ0v) is 23.4. The first kappa shape index (κ1) is 26.5. The van der Waals surface area contributed by atoms with E-state index < -0.39 is 48.2 Å². The topological polar surface area (TPSA) is 151 Å². The first-order chi connectivity index (χ1) is 18.9. The summed E-state index contributed by atoms with van der Waals surface area (Å²) in [6, 6.07) is 0. The molecule has 0 aromatic carbocycles. The van der Waals surface area contributed by atoms with Crippen molar-refractivity contribution in [3.8, 4) is 0 Å². The Morgan fingerprint density at radius 3 is 2.42 bits per heavy atom. The molecule has 10 nitrogen and oxygen atoms in total. The quantitative estimate of drug-likeness (QED) is 0.225. The van der Waals surface area contributed by atoms with Gasteiger partial charge in [0.15, 0.2) is 11.9 Å². The van der Waals surface area contributed by atoms with Crippen LogP contribution in [0.5, 0.6) is 0 Å². The van der Waals surface area contributed by atoms with Crippen LogP contribution in [0.3, 0.4) is 0 Å². The van der Waals surface area contributed by atoms with E-state index >= 15 is 0 Å². The van der Waals surface area contributed by atoms with Crippen molar-refractivity contribution >= 4 is 5.97 Å². The molecular formula is C30H42O10. The number of carbonyl (C=O) groups excluding carboxylic acids is 1. The number of hydrogen-bond donors (Lipinski definition) is 4. The van der Waals surface area contributed by atoms with E-state index in [1.165, 1.54) is 6.08 Å². The van der Waals surface area contributed by atoms with E-state index in [4.69, 9.17) is 23.7 Å². The van der Waals surface area contributed by atoms with Crippen LogP contribution in [0.1, 0.15) is 72.1 Å². The molecule has 0 radical (unpaired) electrons. The fraction of sp³-hybridized carbons (Fsp3) is 0.900. The summed E-state index contributed by atoms with van der Waals surface area (Å²) in [6.45, 7) is 6.23. The Bertz CT molecular complexity index is 1150. The van der Waals surface area contributed by atoms with Crippen LogP contribution in [-0.2, 0) is 28.5 Å². The van der Waals surface area contributed by atoms with Crippen molar-refractivity contribution in [3.63, 3.8) is 0 Å². The summed E-state index contributed by atoms with van der Waals surface area (Å²) in [5, 5.41) is 43.4. The number of rotatable bonds is 3. The highest BCUT2D eigenvalue weighted by Gasteiger charge is 2.80. The maximum atomic E-state index is 12.6. The zero-order chi connectivity index (χ0) is 28.0. The third-order valence-corrected chi connectivity index (χ3v) is 13.3. The summed E-state index contributed by atoms with van der Waals surface area (Å²) in [5.41, 5.74) is -2.20. The molecule has 4 aliphatic carbocycles. The minimum atomic E-state index is -1.33. The predicted molar refractivity (Wildman–Crippen MR) is 136 cm³/mol. The molecule has 16 atom stereocenters. The van der Waals surface area contributed by atoms with Crippen molar-refractivity contribution in [2.45, 2.75) is 138 Å². The number of carbonyl (C=O) groups is 1. The Kier molecular flexibility index (Phi) is 5.35. The molecule has 4 heterocycles. The molecule has 8 aliphatic rings. The number of aliphatic hydroxyl groups excluding tert-OH is 3. The van der Waals surface area contributed by atoms with Crippen molar-refractivity contribution in [2.75, 3.05) is 0 Å². The van der Waals surface area contributed by atoms with Crippen LogP contribution in [0, 0.1) is 28.6 Å². The van der Waals surface area contributed by atoms with E-state index in [1.54, 1.807) is 6.92 Å². The van der Waals surface area contributed by atoms with Crippen molar-refractivity contribution in [1.82, 2.24) is 0 Å². The van der Waals surface area contributed by atoms with E-state index in [2.05, 4.69) is 13.8 Å². The van der Waals surface area contributed by atoms with Crippen molar-refractivity contribution in [1.29, 1.82) is 0 Å². The Morgan fingerprint density at radius 2 is 1.65 bits per heavy atom. The van der Waals surface area contributed by atoms with Crippen molar-refractivity contribution in [2.24, 2.45) is 28.6 Å². The van der Waals surface area contributed by atoms with Gasteiger partial charge in [-0.2, -0.15) is 0 Å². The first-order valence-corrected chi connectivity index (χ1v) is 15.2. The van der Waals surface area contributed by atoms with Gasteiger partial charge in [-0.3, -0.25) is 0 Å². The minimum absolute atomic E-state index is 0.0937.